The van der Waals surface area contributed by atoms with E-state index in [1.165, 1.54) is 19.2 Å². The zero-order chi connectivity index (χ0) is 14.5. The highest BCUT2D eigenvalue weighted by Gasteiger charge is 2.28. The van der Waals surface area contributed by atoms with Gasteiger partial charge in [0.25, 0.3) is 5.91 Å². The second kappa shape index (κ2) is 6.65. The van der Waals surface area contributed by atoms with Crippen LogP contribution in [0.4, 0.5) is 0 Å². The molecule has 0 fully saturated rings. The fourth-order valence-electron chi connectivity index (χ4n) is 1.49. The van der Waals surface area contributed by atoms with Gasteiger partial charge in [-0.25, -0.2) is 13.9 Å². The van der Waals surface area contributed by atoms with E-state index >= 15 is 0 Å². The summed E-state index contributed by atoms with van der Waals surface area (Å²) in [6.45, 7) is 3.49. The van der Waals surface area contributed by atoms with E-state index in [0.29, 0.717) is 0 Å². The molecule has 0 radical (unpaired) electrons. The summed E-state index contributed by atoms with van der Waals surface area (Å²) in [5.41, 5.74) is 2.14. The summed E-state index contributed by atoms with van der Waals surface area (Å²) in [6, 6.07) is 6.99. The average molecular weight is 286 g/mol. The first-order valence-corrected chi connectivity index (χ1v) is 7.27. The van der Waals surface area contributed by atoms with Crippen LogP contribution >= 0.6 is 0 Å². The largest absolute Gasteiger partial charge is 0.277 e. The van der Waals surface area contributed by atoms with Gasteiger partial charge in [-0.1, -0.05) is 32.0 Å². The van der Waals surface area contributed by atoms with Gasteiger partial charge in [-0.3, -0.25) is 9.63 Å². The Morgan fingerprint density at radius 2 is 1.79 bits per heavy atom. The van der Waals surface area contributed by atoms with Gasteiger partial charge in [0.15, 0.2) is 0 Å². The Hall–Kier alpha value is -1.44. The molecular weight excluding hydrogens is 268 g/mol. The molecule has 106 valence electrons. The highest BCUT2D eigenvalue weighted by atomic mass is 32.2. The minimum absolute atomic E-state index is 0.117. The third kappa shape index (κ3) is 4.30. The molecule has 0 aromatic heterocycles. The van der Waals surface area contributed by atoms with E-state index in [9.17, 15) is 13.2 Å². The maximum atomic E-state index is 12.1. The van der Waals surface area contributed by atoms with Crippen molar-refractivity contribution in [1.29, 1.82) is 0 Å². The van der Waals surface area contributed by atoms with Crippen LogP contribution in [0.1, 0.15) is 13.8 Å². The highest BCUT2D eigenvalue weighted by Crippen LogP contribution is 2.11. The van der Waals surface area contributed by atoms with Crippen molar-refractivity contribution in [1.82, 2.24) is 10.2 Å². The molecule has 0 unspecified atom stereocenters. The summed E-state index contributed by atoms with van der Waals surface area (Å²) < 4.78 is 26.6. The second-order valence-electron chi connectivity index (χ2n) is 4.33. The number of hydrogen-bond donors (Lipinski definition) is 2. The van der Waals surface area contributed by atoms with E-state index < -0.39 is 22.0 Å². The van der Waals surface area contributed by atoms with Crippen LogP contribution in [0, 0.1) is 5.92 Å². The molecule has 0 aliphatic heterocycles. The molecular formula is C12H18N2O4S. The van der Waals surface area contributed by atoms with E-state index in [2.05, 4.69) is 15.0 Å². The molecule has 0 bridgehead atoms. The van der Waals surface area contributed by atoms with Crippen LogP contribution in [0.5, 0.6) is 0 Å². The van der Waals surface area contributed by atoms with E-state index in [-0.39, 0.29) is 10.8 Å². The number of sulfonamides is 1. The Bertz CT molecular complexity index is 514. The third-order valence-corrected chi connectivity index (χ3v) is 3.94. The predicted molar refractivity (Wildman–Crippen MR) is 70.5 cm³/mol. The number of nitrogens with one attached hydrogen (secondary N) is 2. The molecule has 2 N–H and O–H groups in total. The zero-order valence-electron chi connectivity index (χ0n) is 11.1. The van der Waals surface area contributed by atoms with Crippen molar-refractivity contribution in [2.75, 3.05) is 7.11 Å². The van der Waals surface area contributed by atoms with Crippen LogP contribution in [0.25, 0.3) is 0 Å². The zero-order valence-corrected chi connectivity index (χ0v) is 11.9. The van der Waals surface area contributed by atoms with Crippen LogP contribution in [-0.4, -0.2) is 27.5 Å². The molecule has 7 heteroatoms. The average Bonchev–Trinajstić information content (AvgIpc) is 2.37. The maximum Gasteiger partial charge on any atom is 0.261 e. The highest BCUT2D eigenvalue weighted by molar-refractivity contribution is 7.89. The number of carbonyl (C=O) groups excluding carboxylic acids is 1. The van der Waals surface area contributed by atoms with Gasteiger partial charge in [0, 0.05) is 0 Å². The second-order valence-corrected chi connectivity index (χ2v) is 6.04. The van der Waals surface area contributed by atoms with E-state index in [0.717, 1.165) is 0 Å². The van der Waals surface area contributed by atoms with Gasteiger partial charge in [0.2, 0.25) is 10.0 Å². The van der Waals surface area contributed by atoms with Crippen molar-refractivity contribution >= 4 is 15.9 Å². The lowest BCUT2D eigenvalue weighted by molar-refractivity contribution is -0.134. The molecule has 6 nitrogen and oxygen atoms in total. The summed E-state index contributed by atoms with van der Waals surface area (Å²) in [5.74, 6) is -0.745. The predicted octanol–water partition coefficient (Wildman–Crippen LogP) is 0.667. The van der Waals surface area contributed by atoms with Gasteiger partial charge in [0.05, 0.1) is 12.0 Å². The van der Waals surface area contributed by atoms with Gasteiger partial charge < -0.3 is 0 Å². The number of amides is 1. The van der Waals surface area contributed by atoms with Gasteiger partial charge >= 0.3 is 0 Å². The first-order valence-electron chi connectivity index (χ1n) is 5.78. The fourth-order valence-corrected chi connectivity index (χ4v) is 2.86. The number of carbonyl (C=O) groups is 1. The number of benzene rings is 1. The van der Waals surface area contributed by atoms with E-state index in [1.807, 2.05) is 0 Å². The smallest absolute Gasteiger partial charge is 0.261 e. The molecule has 0 spiro atoms. The molecule has 1 amide bonds. The summed E-state index contributed by atoms with van der Waals surface area (Å²) in [4.78, 5) is 16.4. The minimum atomic E-state index is -3.73. The SMILES string of the molecule is CONC(=O)[C@@H](NS(=O)(=O)c1ccccc1)C(C)C. The molecule has 1 rings (SSSR count). The Morgan fingerprint density at radius 3 is 2.26 bits per heavy atom. The van der Waals surface area contributed by atoms with Gasteiger partial charge in [-0.05, 0) is 18.1 Å². The Labute approximate surface area is 113 Å². The lowest BCUT2D eigenvalue weighted by atomic mass is 10.1. The molecule has 0 heterocycles. The molecule has 0 aliphatic carbocycles. The molecule has 19 heavy (non-hydrogen) atoms. The molecule has 1 atom stereocenters. The summed E-state index contributed by atoms with van der Waals surface area (Å²) in [6.07, 6.45) is 0. The Kier molecular flexibility index (Phi) is 5.46. The van der Waals surface area contributed by atoms with Crippen LogP contribution in [-0.2, 0) is 19.7 Å². The minimum Gasteiger partial charge on any atom is -0.277 e. The van der Waals surface area contributed by atoms with Crippen molar-refractivity contribution < 1.29 is 18.0 Å². The summed E-state index contributed by atoms with van der Waals surface area (Å²) >= 11 is 0. The monoisotopic (exact) mass is 286 g/mol. The number of hydrogen-bond acceptors (Lipinski definition) is 4. The summed E-state index contributed by atoms with van der Waals surface area (Å²) in [7, 11) is -2.44. The topological polar surface area (TPSA) is 84.5 Å². The van der Waals surface area contributed by atoms with Crippen molar-refractivity contribution in [2.45, 2.75) is 24.8 Å². The van der Waals surface area contributed by atoms with Crippen molar-refractivity contribution in [3.63, 3.8) is 0 Å². The summed E-state index contributed by atoms with van der Waals surface area (Å²) in [5, 5.41) is 0. The van der Waals surface area contributed by atoms with Crippen molar-refractivity contribution in [3.8, 4) is 0 Å². The molecule has 0 aliphatic rings. The molecule has 0 saturated heterocycles. The Balaban J connectivity index is 2.94. The molecule has 1 aromatic carbocycles. The first kappa shape index (κ1) is 15.6. The Morgan fingerprint density at radius 1 is 1.21 bits per heavy atom. The maximum absolute atomic E-state index is 12.1. The fraction of sp³-hybridized carbons (Fsp3) is 0.417. The van der Waals surface area contributed by atoms with E-state index in [1.54, 1.807) is 32.0 Å². The standard InChI is InChI=1S/C12H18N2O4S/c1-9(2)11(12(15)13-18-3)14-19(16,17)10-7-5-4-6-8-10/h4-9,11,14H,1-3H3,(H,13,15)/t11-/m0/s1. The molecule has 1 aromatic rings. The lowest BCUT2D eigenvalue weighted by Crippen LogP contribution is -2.49. The van der Waals surface area contributed by atoms with Gasteiger partial charge in [-0.15, -0.1) is 0 Å². The van der Waals surface area contributed by atoms with Crippen LogP contribution in [0.3, 0.4) is 0 Å². The first-order chi connectivity index (χ1) is 8.88. The third-order valence-electron chi connectivity index (χ3n) is 2.49. The van der Waals surface area contributed by atoms with Crippen LogP contribution in [0.2, 0.25) is 0 Å². The molecule has 0 saturated carbocycles. The van der Waals surface area contributed by atoms with Crippen molar-refractivity contribution in [3.05, 3.63) is 30.3 Å². The lowest BCUT2D eigenvalue weighted by Gasteiger charge is -2.20. The van der Waals surface area contributed by atoms with E-state index in [4.69, 9.17) is 0 Å². The number of hydroxylamine groups is 1. The van der Waals surface area contributed by atoms with Crippen molar-refractivity contribution in [2.24, 2.45) is 5.92 Å². The quantitative estimate of drug-likeness (QED) is 0.753. The van der Waals surface area contributed by atoms with Gasteiger partial charge in [0.1, 0.15) is 6.04 Å². The van der Waals surface area contributed by atoms with Gasteiger partial charge in [-0.2, -0.15) is 4.72 Å². The van der Waals surface area contributed by atoms with Crippen LogP contribution in [0.15, 0.2) is 35.2 Å². The van der Waals surface area contributed by atoms with Crippen LogP contribution < -0.4 is 10.2 Å². The normalized spacial score (nSPS) is 13.3. The number of rotatable bonds is 6.